The number of hydrogen-bond acceptors (Lipinski definition) is 2. The van der Waals surface area contributed by atoms with Crippen molar-refractivity contribution in [2.75, 3.05) is 6.54 Å². The van der Waals surface area contributed by atoms with E-state index in [2.05, 4.69) is 27.7 Å². The lowest BCUT2D eigenvalue weighted by atomic mass is 9.62. The fourth-order valence-electron chi connectivity index (χ4n) is 3.05. The molecule has 0 aromatic rings. The summed E-state index contributed by atoms with van der Waals surface area (Å²) in [5.41, 5.74) is 5.24. The number of rotatable bonds is 4. The summed E-state index contributed by atoms with van der Waals surface area (Å²) in [5, 5.41) is 10.8. The van der Waals surface area contributed by atoms with Gasteiger partial charge in [-0.1, -0.05) is 27.7 Å². The van der Waals surface area contributed by atoms with Gasteiger partial charge in [-0.2, -0.15) is 0 Å². The topological polar surface area (TPSA) is 46.2 Å². The quantitative estimate of drug-likeness (QED) is 0.775. The van der Waals surface area contributed by atoms with Gasteiger partial charge in [0.1, 0.15) is 0 Å². The van der Waals surface area contributed by atoms with Crippen molar-refractivity contribution in [3.63, 3.8) is 0 Å². The maximum atomic E-state index is 10.8. The number of aliphatic hydroxyl groups is 1. The maximum absolute atomic E-state index is 10.8. The summed E-state index contributed by atoms with van der Waals surface area (Å²) in [4.78, 5) is 0. The first-order valence-electron chi connectivity index (χ1n) is 6.81. The lowest BCUT2D eigenvalue weighted by Crippen LogP contribution is -2.52. The third-order valence-electron chi connectivity index (χ3n) is 5.15. The van der Waals surface area contributed by atoms with E-state index in [9.17, 15) is 5.11 Å². The second kappa shape index (κ2) is 5.05. The highest BCUT2D eigenvalue weighted by molar-refractivity contribution is 4.99. The molecule has 0 aromatic carbocycles. The number of hydrogen-bond donors (Lipinski definition) is 2. The summed E-state index contributed by atoms with van der Waals surface area (Å²) in [5.74, 6) is 1.54. The van der Waals surface area contributed by atoms with Gasteiger partial charge in [0, 0.05) is 12.0 Å². The Labute approximate surface area is 101 Å². The van der Waals surface area contributed by atoms with Crippen molar-refractivity contribution in [3.05, 3.63) is 0 Å². The normalized spacial score (nSPS) is 35.1. The van der Waals surface area contributed by atoms with Gasteiger partial charge in [0.25, 0.3) is 0 Å². The van der Waals surface area contributed by atoms with E-state index in [4.69, 9.17) is 5.73 Å². The minimum atomic E-state index is -0.526. The Morgan fingerprint density at radius 1 is 1.38 bits per heavy atom. The van der Waals surface area contributed by atoms with Crippen molar-refractivity contribution in [2.24, 2.45) is 23.0 Å². The highest BCUT2D eigenvalue weighted by atomic mass is 16.3. The van der Waals surface area contributed by atoms with Crippen LogP contribution < -0.4 is 5.73 Å². The lowest BCUT2D eigenvalue weighted by molar-refractivity contribution is -0.109. The van der Waals surface area contributed by atoms with E-state index in [1.807, 2.05) is 0 Å². The van der Waals surface area contributed by atoms with Gasteiger partial charge < -0.3 is 10.8 Å². The molecule has 0 heterocycles. The van der Waals surface area contributed by atoms with Crippen molar-refractivity contribution in [1.29, 1.82) is 0 Å². The van der Waals surface area contributed by atoms with Crippen LogP contribution in [-0.2, 0) is 0 Å². The van der Waals surface area contributed by atoms with Crippen LogP contribution in [-0.4, -0.2) is 17.3 Å². The average molecular weight is 227 g/mol. The van der Waals surface area contributed by atoms with Gasteiger partial charge in [-0.15, -0.1) is 0 Å². The summed E-state index contributed by atoms with van der Waals surface area (Å²) in [7, 11) is 0. The van der Waals surface area contributed by atoms with Crippen LogP contribution in [0.15, 0.2) is 0 Å². The van der Waals surface area contributed by atoms with Crippen molar-refractivity contribution in [3.8, 4) is 0 Å². The zero-order valence-electron chi connectivity index (χ0n) is 11.4. The molecule has 1 atom stereocenters. The van der Waals surface area contributed by atoms with E-state index in [0.29, 0.717) is 6.54 Å². The molecule has 1 saturated carbocycles. The molecule has 0 saturated heterocycles. The van der Waals surface area contributed by atoms with Crippen molar-refractivity contribution in [1.82, 2.24) is 0 Å². The standard InChI is InChI=1S/C14H29NO/c1-5-13(4,10-15)14(16)8-6-12(7-9-14)11(2)3/h11-12,16H,5-10,15H2,1-4H3. The predicted octanol–water partition coefficient (Wildman–Crippen LogP) is 2.94. The van der Waals surface area contributed by atoms with Gasteiger partial charge >= 0.3 is 0 Å². The summed E-state index contributed by atoms with van der Waals surface area (Å²) >= 11 is 0. The molecular formula is C14H29NO. The van der Waals surface area contributed by atoms with Crippen LogP contribution in [0.5, 0.6) is 0 Å². The fraction of sp³-hybridized carbons (Fsp3) is 1.00. The smallest absolute Gasteiger partial charge is 0.0713 e. The molecule has 1 aliphatic carbocycles. The molecule has 0 radical (unpaired) electrons. The Bertz CT molecular complexity index is 213. The SMILES string of the molecule is CCC(C)(CN)C1(O)CCC(C(C)C)CC1. The van der Waals surface area contributed by atoms with Gasteiger partial charge in [-0.3, -0.25) is 0 Å². The van der Waals surface area contributed by atoms with E-state index in [-0.39, 0.29) is 5.41 Å². The van der Waals surface area contributed by atoms with Crippen LogP contribution >= 0.6 is 0 Å². The zero-order valence-corrected chi connectivity index (χ0v) is 11.4. The summed E-state index contributed by atoms with van der Waals surface area (Å²) < 4.78 is 0. The van der Waals surface area contributed by atoms with Gasteiger partial charge in [0.2, 0.25) is 0 Å². The van der Waals surface area contributed by atoms with Gasteiger partial charge in [-0.25, -0.2) is 0 Å². The van der Waals surface area contributed by atoms with Crippen LogP contribution in [0, 0.1) is 17.3 Å². The minimum Gasteiger partial charge on any atom is -0.389 e. The third kappa shape index (κ3) is 2.43. The third-order valence-corrected chi connectivity index (χ3v) is 5.15. The van der Waals surface area contributed by atoms with Crippen LogP contribution in [0.25, 0.3) is 0 Å². The molecule has 0 bridgehead atoms. The molecule has 0 aliphatic heterocycles. The molecule has 0 amide bonds. The van der Waals surface area contributed by atoms with E-state index in [1.165, 1.54) is 0 Å². The van der Waals surface area contributed by atoms with Crippen molar-refractivity contribution in [2.45, 2.75) is 65.4 Å². The Morgan fingerprint density at radius 3 is 2.19 bits per heavy atom. The Balaban J connectivity index is 2.69. The second-order valence-electron chi connectivity index (χ2n) is 6.23. The minimum absolute atomic E-state index is 0.102. The molecule has 0 spiro atoms. The molecule has 2 nitrogen and oxygen atoms in total. The molecule has 96 valence electrons. The highest BCUT2D eigenvalue weighted by Crippen LogP contribution is 2.46. The van der Waals surface area contributed by atoms with Crippen molar-refractivity contribution >= 4 is 0 Å². The predicted molar refractivity (Wildman–Crippen MR) is 69.2 cm³/mol. The average Bonchev–Trinajstić information content (AvgIpc) is 2.28. The van der Waals surface area contributed by atoms with E-state index in [1.54, 1.807) is 0 Å². The largest absolute Gasteiger partial charge is 0.389 e. The highest BCUT2D eigenvalue weighted by Gasteiger charge is 2.46. The molecule has 0 aromatic heterocycles. The van der Waals surface area contributed by atoms with E-state index in [0.717, 1.165) is 43.9 Å². The Hall–Kier alpha value is -0.0800. The first kappa shape index (κ1) is 14.0. The Kier molecular flexibility index (Phi) is 4.42. The first-order valence-corrected chi connectivity index (χ1v) is 6.81. The van der Waals surface area contributed by atoms with Gasteiger partial charge in [0.15, 0.2) is 0 Å². The van der Waals surface area contributed by atoms with Crippen LogP contribution in [0.4, 0.5) is 0 Å². The molecule has 16 heavy (non-hydrogen) atoms. The fourth-order valence-corrected chi connectivity index (χ4v) is 3.05. The zero-order chi connectivity index (χ0) is 12.4. The summed E-state index contributed by atoms with van der Waals surface area (Å²) in [6, 6.07) is 0. The summed E-state index contributed by atoms with van der Waals surface area (Å²) in [6.07, 6.45) is 5.13. The molecule has 3 N–H and O–H groups in total. The van der Waals surface area contributed by atoms with Crippen LogP contribution in [0.3, 0.4) is 0 Å². The van der Waals surface area contributed by atoms with E-state index < -0.39 is 5.60 Å². The monoisotopic (exact) mass is 227 g/mol. The first-order chi connectivity index (χ1) is 7.38. The Morgan fingerprint density at radius 2 is 1.88 bits per heavy atom. The second-order valence-corrected chi connectivity index (χ2v) is 6.23. The van der Waals surface area contributed by atoms with Crippen LogP contribution in [0.2, 0.25) is 0 Å². The molecule has 1 aliphatic rings. The number of nitrogens with two attached hydrogens (primary N) is 1. The molecular weight excluding hydrogens is 198 g/mol. The molecule has 1 unspecified atom stereocenters. The van der Waals surface area contributed by atoms with E-state index >= 15 is 0 Å². The maximum Gasteiger partial charge on any atom is 0.0713 e. The van der Waals surface area contributed by atoms with Crippen LogP contribution in [0.1, 0.15) is 59.8 Å². The summed E-state index contributed by atoms with van der Waals surface area (Å²) in [6.45, 7) is 9.45. The van der Waals surface area contributed by atoms with Gasteiger partial charge in [0.05, 0.1) is 5.60 Å². The molecule has 2 heteroatoms. The molecule has 1 rings (SSSR count). The molecule has 1 fully saturated rings. The lowest BCUT2D eigenvalue weighted by Gasteiger charge is -2.48. The van der Waals surface area contributed by atoms with Crippen molar-refractivity contribution < 1.29 is 5.11 Å². The van der Waals surface area contributed by atoms with Gasteiger partial charge in [-0.05, 0) is 43.9 Å².